The van der Waals surface area contributed by atoms with E-state index < -0.39 is 153 Å². The van der Waals surface area contributed by atoms with Gasteiger partial charge in [-0.2, -0.15) is 50.5 Å². The zero-order chi connectivity index (χ0) is 63.4. The van der Waals surface area contributed by atoms with E-state index in [1.165, 1.54) is 84.9 Å². The molecule has 1 radical (unpaired) electrons. The molecular formula is C51H40N6NaO23S6. The molecule has 0 saturated heterocycles. The molecule has 29 nitrogen and oxygen atoms in total. The van der Waals surface area contributed by atoms with E-state index in [-0.39, 0.29) is 74.6 Å². The van der Waals surface area contributed by atoms with Gasteiger partial charge in [0.1, 0.15) is 19.6 Å². The first-order valence-corrected chi connectivity index (χ1v) is 32.2. The van der Waals surface area contributed by atoms with Gasteiger partial charge in [-0.1, -0.05) is 24.3 Å². The van der Waals surface area contributed by atoms with E-state index in [1.54, 1.807) is 13.8 Å². The van der Waals surface area contributed by atoms with Crippen molar-refractivity contribution in [2.45, 2.75) is 43.2 Å². The number of nitrogens with one attached hydrogen (secondary N) is 6. The van der Waals surface area contributed by atoms with Crippen LogP contribution in [0.2, 0.25) is 0 Å². The molecule has 8 rings (SSSR count). The van der Waals surface area contributed by atoms with Crippen LogP contribution in [0.4, 0.5) is 38.9 Å². The smallest absolute Gasteiger partial charge is 0.322 e. The summed E-state index contributed by atoms with van der Waals surface area (Å²) in [6.07, 6.45) is 0. The van der Waals surface area contributed by atoms with Gasteiger partial charge in [-0.15, -0.1) is 0 Å². The summed E-state index contributed by atoms with van der Waals surface area (Å²) in [5, 5.41) is 11.8. The molecule has 0 aliphatic carbocycles. The van der Waals surface area contributed by atoms with Crippen LogP contribution < -0.4 is 31.9 Å². The molecule has 6 amide bonds. The van der Waals surface area contributed by atoms with Gasteiger partial charge in [0.25, 0.3) is 84.3 Å². The molecule has 36 heteroatoms. The second-order valence-electron chi connectivity index (χ2n) is 18.4. The Kier molecular flexibility index (Phi) is 18.8. The van der Waals surface area contributed by atoms with Gasteiger partial charge < -0.3 is 31.9 Å². The summed E-state index contributed by atoms with van der Waals surface area (Å²) in [6, 6.07) is 22.6. The fourth-order valence-corrected chi connectivity index (χ4v) is 12.6. The van der Waals surface area contributed by atoms with Gasteiger partial charge >= 0.3 is 6.03 Å². The molecule has 0 atom stereocenters. The molecule has 0 spiro atoms. The molecule has 0 unspecified atom stereocenters. The van der Waals surface area contributed by atoms with Crippen molar-refractivity contribution in [3.8, 4) is 0 Å². The first kappa shape index (κ1) is 66.4. The monoisotopic (exact) mass is 1320 g/mol. The van der Waals surface area contributed by atoms with Crippen LogP contribution >= 0.6 is 0 Å². The van der Waals surface area contributed by atoms with Crippen LogP contribution in [-0.4, -0.2) is 137 Å². The third-order valence-electron chi connectivity index (χ3n) is 12.5. The van der Waals surface area contributed by atoms with Gasteiger partial charge in [0, 0.05) is 96.1 Å². The predicted molar refractivity (Wildman–Crippen MR) is 312 cm³/mol. The number of anilines is 6. The van der Waals surface area contributed by atoms with E-state index in [4.69, 9.17) is 0 Å². The fourth-order valence-electron chi connectivity index (χ4n) is 8.50. The standard InChI is InChI=1S/C51H40N6O23S6.Na/c1-25-9-11-29(49(60)54-37-13-15-41(83(69,70)71)35-21-33(81(63,64)65)23-43(45(35)37)85(75,76)77)19-39(25)56-47(58)27-5-3-7-31(17-27)52-51(62)53-32-8-4-6-28(18-32)48(59)57-40-20-30(12-10-26(40)2)50(61)55-38-14-16-42(84(72,73)74)36-22-34(82(66,67)68)24-44(46(36)38)86(78,79)80;/h3-24H,1-2H3,(H,54,60)(H,55,61)(H,56,58)(H,57,59)(H2,52,53,62)(H,63,64,65)(H,66,67,68)(H,69,70,71)(H,72,73,74)(H,75,76,77)(H,78,79,80);. The third-order valence-corrected chi connectivity index (χ3v) is 17.7. The Balaban J connectivity index is 0.0000108. The van der Waals surface area contributed by atoms with Crippen molar-refractivity contribution < 1.29 is 102 Å². The molecule has 0 aromatic heterocycles. The van der Waals surface area contributed by atoms with Crippen molar-refractivity contribution in [2.75, 3.05) is 31.9 Å². The molecule has 0 aliphatic heterocycles. The van der Waals surface area contributed by atoms with Gasteiger partial charge in [0.05, 0.1) is 21.2 Å². The molecule has 0 aliphatic rings. The molecule has 0 heterocycles. The quantitative estimate of drug-likeness (QED) is 0.0369. The molecular weight excluding hydrogens is 1280 g/mol. The summed E-state index contributed by atoms with van der Waals surface area (Å²) in [7, 11) is -31.9. The Morgan fingerprint density at radius 1 is 0.322 bits per heavy atom. The summed E-state index contributed by atoms with van der Waals surface area (Å²) < 4.78 is 206. The molecule has 0 bridgehead atoms. The van der Waals surface area contributed by atoms with E-state index >= 15 is 0 Å². The van der Waals surface area contributed by atoms with Gasteiger partial charge in [-0.3, -0.25) is 46.5 Å². The van der Waals surface area contributed by atoms with Crippen molar-refractivity contribution in [3.05, 3.63) is 167 Å². The van der Waals surface area contributed by atoms with E-state index in [1.807, 2.05) is 0 Å². The van der Waals surface area contributed by atoms with Crippen molar-refractivity contribution in [1.29, 1.82) is 0 Å². The number of hydrogen-bond donors (Lipinski definition) is 12. The Morgan fingerprint density at radius 2 is 0.632 bits per heavy atom. The maximum atomic E-state index is 13.7. The topological polar surface area (TPSA) is 484 Å². The van der Waals surface area contributed by atoms with Crippen molar-refractivity contribution in [3.63, 3.8) is 0 Å². The first-order valence-electron chi connectivity index (χ1n) is 23.6. The van der Waals surface area contributed by atoms with Gasteiger partial charge in [-0.05, 0) is 134 Å². The SMILES string of the molecule is Cc1ccc(C(=O)Nc2ccc(S(=O)(=O)O)c3cc(S(=O)(=O)O)cc(S(=O)(=O)O)c23)cc1NC(=O)c1cccc(NC(=O)Nc2cccc(C(=O)Nc3cc(C(=O)Nc4ccc(S(=O)(=O)O)c5cc(S(=O)(=O)O)cc(S(=O)(=O)O)c45)ccc3C)c2)c1.[Na]. The zero-order valence-electron chi connectivity index (χ0n) is 44.3. The fraction of sp³-hybridized carbons (Fsp3) is 0.0392. The minimum atomic E-state index is -5.45. The number of benzene rings is 8. The van der Waals surface area contributed by atoms with Gasteiger partial charge in [0.2, 0.25) is 0 Å². The number of urea groups is 1. The van der Waals surface area contributed by atoms with E-state index in [9.17, 15) is 102 Å². The van der Waals surface area contributed by atoms with Crippen LogP contribution in [0.5, 0.6) is 0 Å². The minimum Gasteiger partial charge on any atom is -0.322 e. The normalized spacial score (nSPS) is 12.1. The number of fused-ring (bicyclic) bond motifs is 2. The Labute approximate surface area is 515 Å². The minimum absolute atomic E-state index is 0. The number of carbonyl (C=O) groups excluding carboxylic acids is 5. The summed E-state index contributed by atoms with van der Waals surface area (Å²) in [5.74, 6) is -3.56. The Bertz CT molecular complexity index is 4720. The number of amides is 6. The van der Waals surface area contributed by atoms with E-state index in [0.717, 1.165) is 12.1 Å². The van der Waals surface area contributed by atoms with Crippen LogP contribution in [0.15, 0.2) is 163 Å². The first-order chi connectivity index (χ1) is 39.8. The number of hydrogen-bond acceptors (Lipinski definition) is 17. The zero-order valence-corrected chi connectivity index (χ0v) is 51.2. The molecule has 87 heavy (non-hydrogen) atoms. The Morgan fingerprint density at radius 3 is 0.943 bits per heavy atom. The van der Waals surface area contributed by atoms with Crippen molar-refractivity contribution >= 4 is 176 Å². The maximum absolute atomic E-state index is 13.7. The summed E-state index contributed by atoms with van der Waals surface area (Å²) in [4.78, 5) is 60.8. The molecule has 449 valence electrons. The average molecular weight is 1320 g/mol. The van der Waals surface area contributed by atoms with E-state index in [0.29, 0.717) is 47.5 Å². The van der Waals surface area contributed by atoms with Gasteiger partial charge in [-0.25, -0.2) is 4.79 Å². The van der Waals surface area contributed by atoms with Crippen LogP contribution in [0.1, 0.15) is 52.6 Å². The third kappa shape index (κ3) is 15.2. The number of rotatable bonds is 16. The summed E-state index contributed by atoms with van der Waals surface area (Å²) >= 11 is 0. The van der Waals surface area contributed by atoms with Crippen LogP contribution in [-0.2, 0) is 60.7 Å². The van der Waals surface area contributed by atoms with Crippen LogP contribution in [0, 0.1) is 13.8 Å². The summed E-state index contributed by atoms with van der Waals surface area (Å²) in [5.41, 5.74) is -0.385. The van der Waals surface area contributed by atoms with Crippen molar-refractivity contribution in [2.24, 2.45) is 0 Å². The summed E-state index contributed by atoms with van der Waals surface area (Å²) in [6.45, 7) is 3.12. The Hall–Kier alpha value is -8.11. The van der Waals surface area contributed by atoms with Gasteiger partial charge in [0.15, 0.2) is 0 Å². The van der Waals surface area contributed by atoms with Crippen LogP contribution in [0.25, 0.3) is 21.5 Å². The predicted octanol–water partition coefficient (Wildman–Crippen LogP) is 6.36. The van der Waals surface area contributed by atoms with Crippen LogP contribution in [0.3, 0.4) is 0 Å². The second-order valence-corrected chi connectivity index (χ2v) is 26.8. The molecule has 0 fully saturated rings. The van der Waals surface area contributed by atoms with Crippen molar-refractivity contribution in [1.82, 2.24) is 0 Å². The molecule has 0 saturated carbocycles. The molecule has 8 aromatic rings. The average Bonchev–Trinajstić information content (AvgIpc) is 0.808. The largest absolute Gasteiger partial charge is 0.323 e. The molecule has 8 aromatic carbocycles. The second kappa shape index (κ2) is 24.6. The maximum Gasteiger partial charge on any atom is 0.323 e. The van der Waals surface area contributed by atoms with E-state index in [2.05, 4.69) is 31.9 Å². The number of aryl methyl sites for hydroxylation is 2. The number of carbonyl (C=O) groups is 5. The molecule has 12 N–H and O–H groups in total.